The Balaban J connectivity index is 2.18. The molecule has 1 aliphatic carbocycles. The van der Waals surface area contributed by atoms with E-state index in [0.29, 0.717) is 6.04 Å². The fourth-order valence-electron chi connectivity index (χ4n) is 2.90. The van der Waals surface area contributed by atoms with Crippen LogP contribution in [0.3, 0.4) is 0 Å². The van der Waals surface area contributed by atoms with Crippen molar-refractivity contribution in [2.24, 2.45) is 0 Å². The number of furan rings is 1. The van der Waals surface area contributed by atoms with Crippen LogP contribution in [0.15, 0.2) is 28.4 Å². The standard InChI is InChI=1S/C17H27NO/c1-3-12-18-17(16-11-13-19-14(16)2)15-9-7-5-4-6-8-10-15/h9,11,13,17-18H,3-8,10,12H2,1-2H3/b15-9+. The summed E-state index contributed by atoms with van der Waals surface area (Å²) >= 11 is 0. The maximum atomic E-state index is 5.50. The molecule has 1 heterocycles. The maximum Gasteiger partial charge on any atom is 0.105 e. The van der Waals surface area contributed by atoms with Gasteiger partial charge in [0.05, 0.1) is 12.3 Å². The largest absolute Gasteiger partial charge is 0.469 e. The summed E-state index contributed by atoms with van der Waals surface area (Å²) in [7, 11) is 0. The quantitative estimate of drug-likeness (QED) is 0.762. The highest BCUT2D eigenvalue weighted by Gasteiger charge is 2.19. The van der Waals surface area contributed by atoms with Crippen LogP contribution in [0.25, 0.3) is 0 Å². The lowest BCUT2D eigenvalue weighted by molar-refractivity contribution is 0.505. The first kappa shape index (κ1) is 14.4. The Labute approximate surface area is 117 Å². The average molecular weight is 261 g/mol. The zero-order chi connectivity index (χ0) is 13.5. The minimum Gasteiger partial charge on any atom is -0.469 e. The van der Waals surface area contributed by atoms with Gasteiger partial charge in [-0.2, -0.15) is 0 Å². The van der Waals surface area contributed by atoms with Crippen molar-refractivity contribution >= 4 is 0 Å². The molecule has 0 spiro atoms. The first-order valence-corrected chi connectivity index (χ1v) is 7.79. The molecule has 0 aliphatic heterocycles. The van der Waals surface area contributed by atoms with Gasteiger partial charge in [-0.3, -0.25) is 0 Å². The summed E-state index contributed by atoms with van der Waals surface area (Å²) < 4.78 is 5.50. The van der Waals surface area contributed by atoms with E-state index in [1.807, 2.05) is 6.26 Å². The zero-order valence-electron chi connectivity index (χ0n) is 12.4. The molecular formula is C17H27NO. The lowest BCUT2D eigenvalue weighted by Crippen LogP contribution is -2.24. The second-order valence-corrected chi connectivity index (χ2v) is 5.55. The normalized spacial score (nSPS) is 21.3. The first-order valence-electron chi connectivity index (χ1n) is 7.79. The van der Waals surface area contributed by atoms with Gasteiger partial charge < -0.3 is 9.73 Å². The summed E-state index contributed by atoms with van der Waals surface area (Å²) in [5.74, 6) is 1.05. The van der Waals surface area contributed by atoms with Gasteiger partial charge in [0.1, 0.15) is 5.76 Å². The Morgan fingerprint density at radius 1 is 1.26 bits per heavy atom. The lowest BCUT2D eigenvalue weighted by atomic mass is 9.91. The molecule has 1 aromatic heterocycles. The van der Waals surface area contributed by atoms with Crippen LogP contribution < -0.4 is 5.32 Å². The maximum absolute atomic E-state index is 5.50. The summed E-state index contributed by atoms with van der Waals surface area (Å²) in [5.41, 5.74) is 2.89. The van der Waals surface area contributed by atoms with E-state index in [4.69, 9.17) is 4.42 Å². The Bertz CT molecular complexity index is 405. The molecule has 0 amide bonds. The van der Waals surface area contributed by atoms with Gasteiger partial charge in [-0.25, -0.2) is 0 Å². The van der Waals surface area contributed by atoms with E-state index in [9.17, 15) is 0 Å². The topological polar surface area (TPSA) is 25.2 Å². The second-order valence-electron chi connectivity index (χ2n) is 5.55. The molecule has 1 aromatic rings. The van der Waals surface area contributed by atoms with Crippen LogP contribution in [0, 0.1) is 6.92 Å². The minimum absolute atomic E-state index is 0.358. The molecule has 2 nitrogen and oxygen atoms in total. The van der Waals surface area contributed by atoms with Gasteiger partial charge in [0, 0.05) is 5.56 Å². The summed E-state index contributed by atoms with van der Waals surface area (Å²) in [5, 5.41) is 3.70. The molecule has 1 N–H and O–H groups in total. The second kappa shape index (κ2) is 7.54. The number of aryl methyl sites for hydroxylation is 1. The third-order valence-corrected chi connectivity index (χ3v) is 4.01. The summed E-state index contributed by atoms with van der Waals surface area (Å²) in [6, 6.07) is 2.49. The van der Waals surface area contributed by atoms with E-state index in [1.165, 1.54) is 50.5 Å². The van der Waals surface area contributed by atoms with E-state index in [-0.39, 0.29) is 0 Å². The van der Waals surface area contributed by atoms with Crippen LogP contribution in [-0.4, -0.2) is 6.54 Å². The van der Waals surface area contributed by atoms with Gasteiger partial charge in [-0.1, -0.05) is 31.4 Å². The van der Waals surface area contributed by atoms with Crippen molar-refractivity contribution in [3.05, 3.63) is 35.3 Å². The van der Waals surface area contributed by atoms with E-state index < -0.39 is 0 Å². The third-order valence-electron chi connectivity index (χ3n) is 4.01. The minimum atomic E-state index is 0.358. The van der Waals surface area contributed by atoms with Gasteiger partial charge in [0.2, 0.25) is 0 Å². The van der Waals surface area contributed by atoms with Gasteiger partial charge in [-0.05, 0) is 51.6 Å². The van der Waals surface area contributed by atoms with E-state index in [1.54, 1.807) is 5.57 Å². The Kier molecular flexibility index (Phi) is 5.71. The van der Waals surface area contributed by atoms with Crippen LogP contribution in [0.1, 0.15) is 69.2 Å². The van der Waals surface area contributed by atoms with Crippen molar-refractivity contribution in [2.45, 2.75) is 64.8 Å². The number of nitrogens with one attached hydrogen (secondary N) is 1. The molecule has 2 heteroatoms. The fraction of sp³-hybridized carbons (Fsp3) is 0.647. The molecule has 0 saturated carbocycles. The van der Waals surface area contributed by atoms with Crippen LogP contribution in [0.2, 0.25) is 0 Å². The van der Waals surface area contributed by atoms with Crippen LogP contribution in [0.4, 0.5) is 0 Å². The summed E-state index contributed by atoms with van der Waals surface area (Å²) in [6.45, 7) is 5.35. The Morgan fingerprint density at radius 3 is 2.84 bits per heavy atom. The Morgan fingerprint density at radius 2 is 2.11 bits per heavy atom. The molecular weight excluding hydrogens is 234 g/mol. The zero-order valence-corrected chi connectivity index (χ0v) is 12.4. The molecule has 2 rings (SSSR count). The predicted octanol–water partition coefficient (Wildman–Crippen LogP) is 4.91. The SMILES string of the molecule is CCCNC(/C1=C/CCCCCC1)c1ccoc1C. The highest BCUT2D eigenvalue weighted by Crippen LogP contribution is 2.31. The molecule has 0 fully saturated rings. The van der Waals surface area contributed by atoms with E-state index in [2.05, 4.69) is 31.3 Å². The molecule has 0 aromatic carbocycles. The smallest absolute Gasteiger partial charge is 0.105 e. The van der Waals surface area contributed by atoms with Gasteiger partial charge in [0.25, 0.3) is 0 Å². The lowest BCUT2D eigenvalue weighted by Gasteiger charge is -2.23. The average Bonchev–Trinajstić information content (AvgIpc) is 2.78. The molecule has 19 heavy (non-hydrogen) atoms. The number of rotatable bonds is 5. The molecule has 1 aliphatic rings. The Hall–Kier alpha value is -1.02. The molecule has 0 saturated heterocycles. The van der Waals surface area contributed by atoms with Crippen molar-refractivity contribution in [1.82, 2.24) is 5.32 Å². The van der Waals surface area contributed by atoms with Crippen molar-refractivity contribution in [2.75, 3.05) is 6.54 Å². The summed E-state index contributed by atoms with van der Waals surface area (Å²) in [6.07, 6.45) is 13.3. The van der Waals surface area contributed by atoms with Gasteiger partial charge in [0.15, 0.2) is 0 Å². The first-order chi connectivity index (χ1) is 9.33. The highest BCUT2D eigenvalue weighted by atomic mass is 16.3. The van der Waals surface area contributed by atoms with Crippen molar-refractivity contribution in [3.63, 3.8) is 0 Å². The van der Waals surface area contributed by atoms with Gasteiger partial charge >= 0.3 is 0 Å². The molecule has 1 atom stereocenters. The summed E-state index contributed by atoms with van der Waals surface area (Å²) in [4.78, 5) is 0. The number of hydrogen-bond donors (Lipinski definition) is 1. The predicted molar refractivity (Wildman–Crippen MR) is 80.3 cm³/mol. The number of hydrogen-bond acceptors (Lipinski definition) is 2. The monoisotopic (exact) mass is 261 g/mol. The fourth-order valence-corrected chi connectivity index (χ4v) is 2.90. The van der Waals surface area contributed by atoms with Crippen LogP contribution >= 0.6 is 0 Å². The van der Waals surface area contributed by atoms with Crippen molar-refractivity contribution in [1.29, 1.82) is 0 Å². The molecule has 0 bridgehead atoms. The molecule has 0 radical (unpaired) electrons. The molecule has 106 valence electrons. The highest BCUT2D eigenvalue weighted by molar-refractivity contribution is 5.30. The van der Waals surface area contributed by atoms with Crippen LogP contribution in [0.5, 0.6) is 0 Å². The van der Waals surface area contributed by atoms with Crippen molar-refractivity contribution < 1.29 is 4.42 Å². The van der Waals surface area contributed by atoms with Crippen molar-refractivity contribution in [3.8, 4) is 0 Å². The van der Waals surface area contributed by atoms with E-state index in [0.717, 1.165) is 12.3 Å². The van der Waals surface area contributed by atoms with E-state index >= 15 is 0 Å². The molecule has 1 unspecified atom stereocenters. The number of allylic oxidation sites excluding steroid dienone is 1. The third kappa shape index (κ3) is 3.97. The van der Waals surface area contributed by atoms with Gasteiger partial charge in [-0.15, -0.1) is 0 Å². The van der Waals surface area contributed by atoms with Crippen LogP contribution in [-0.2, 0) is 0 Å².